The quantitative estimate of drug-likeness (QED) is 0.471. The lowest BCUT2D eigenvalue weighted by Gasteiger charge is -2.20. The van der Waals surface area contributed by atoms with Crippen LogP contribution < -0.4 is 9.47 Å². The number of rotatable bonds is 5. The molecular weight excluding hydrogens is 318 g/mol. The van der Waals surface area contributed by atoms with Crippen LogP contribution in [0.25, 0.3) is 0 Å². The van der Waals surface area contributed by atoms with E-state index in [1.54, 1.807) is 24.9 Å². The van der Waals surface area contributed by atoms with Gasteiger partial charge in [-0.05, 0) is 18.2 Å². The van der Waals surface area contributed by atoms with Crippen LogP contribution in [0.1, 0.15) is 11.1 Å². The van der Waals surface area contributed by atoms with Crippen molar-refractivity contribution in [3.8, 4) is 11.5 Å². The number of nitro benzene ring substituents is 1. The number of hydrogen-bond acceptors (Lipinski definition) is 6. The summed E-state index contributed by atoms with van der Waals surface area (Å²) in [5, 5.41) is 11.1. The van der Waals surface area contributed by atoms with Gasteiger partial charge in [0, 0.05) is 33.9 Å². The maximum Gasteiger partial charge on any atom is 0.270 e. The summed E-state index contributed by atoms with van der Waals surface area (Å²) in [5.74, 6) is 2.04. The Bertz CT molecular complexity index is 734. The minimum Gasteiger partial charge on any atom is -0.497 e. The number of ether oxygens (including phenoxy) is 3. The molecule has 0 N–H and O–H groups in total. The zero-order chi connectivity index (χ0) is 16.2. The smallest absolute Gasteiger partial charge is 0.270 e. The molecule has 0 unspecified atom stereocenters. The largest absolute Gasteiger partial charge is 0.497 e. The number of hydrogen-bond donors (Lipinski definition) is 0. The maximum atomic E-state index is 11.1. The van der Waals surface area contributed by atoms with Crippen molar-refractivity contribution in [2.75, 3.05) is 13.9 Å². The highest BCUT2D eigenvalue weighted by Crippen LogP contribution is 2.36. The molecule has 6 nitrogen and oxygen atoms in total. The molecule has 2 aromatic carbocycles. The molecule has 0 amide bonds. The van der Waals surface area contributed by atoms with Crippen LogP contribution in [0.5, 0.6) is 11.5 Å². The lowest BCUT2D eigenvalue weighted by Crippen LogP contribution is -2.13. The molecule has 0 spiro atoms. The third-order valence-electron chi connectivity index (χ3n) is 3.42. The first kappa shape index (κ1) is 15.6. The van der Waals surface area contributed by atoms with E-state index in [0.717, 1.165) is 16.2 Å². The fourth-order valence-corrected chi connectivity index (χ4v) is 3.26. The van der Waals surface area contributed by atoms with E-state index in [0.29, 0.717) is 23.7 Å². The van der Waals surface area contributed by atoms with Crippen molar-refractivity contribution in [3.05, 3.63) is 57.6 Å². The molecule has 0 bridgehead atoms. The molecule has 0 aromatic heterocycles. The Labute approximate surface area is 137 Å². The van der Waals surface area contributed by atoms with Gasteiger partial charge in [-0.15, -0.1) is 11.8 Å². The second kappa shape index (κ2) is 6.89. The summed E-state index contributed by atoms with van der Waals surface area (Å²) in [7, 11) is 1.62. The number of nitrogens with zero attached hydrogens (tertiary/aromatic N) is 1. The molecule has 2 aromatic rings. The third-order valence-corrected chi connectivity index (χ3v) is 4.46. The summed E-state index contributed by atoms with van der Waals surface area (Å²) in [6, 6.07) is 10.8. The van der Waals surface area contributed by atoms with E-state index >= 15 is 0 Å². The highest BCUT2D eigenvalue weighted by Gasteiger charge is 2.20. The van der Waals surface area contributed by atoms with Crippen LogP contribution in [-0.4, -0.2) is 18.8 Å². The van der Waals surface area contributed by atoms with Gasteiger partial charge in [0.15, 0.2) is 6.79 Å². The Morgan fingerprint density at radius 2 is 2.22 bits per heavy atom. The molecule has 0 saturated heterocycles. The summed E-state index contributed by atoms with van der Waals surface area (Å²) in [4.78, 5) is 11.7. The van der Waals surface area contributed by atoms with E-state index in [4.69, 9.17) is 14.2 Å². The SMILES string of the molecule is COc1cccc(SCc2cc([N+](=O)[O-])cc3c2OCOC3)c1. The van der Waals surface area contributed by atoms with E-state index in [-0.39, 0.29) is 12.5 Å². The maximum absolute atomic E-state index is 11.1. The van der Waals surface area contributed by atoms with E-state index in [1.807, 2.05) is 24.3 Å². The van der Waals surface area contributed by atoms with Gasteiger partial charge in [-0.1, -0.05) is 6.07 Å². The summed E-state index contributed by atoms with van der Waals surface area (Å²) in [5.41, 5.74) is 1.57. The first-order valence-corrected chi connectivity index (χ1v) is 7.93. The van der Waals surface area contributed by atoms with Crippen molar-refractivity contribution in [2.45, 2.75) is 17.3 Å². The molecule has 23 heavy (non-hydrogen) atoms. The highest BCUT2D eigenvalue weighted by molar-refractivity contribution is 7.98. The third kappa shape index (κ3) is 3.57. The minimum atomic E-state index is -0.394. The fraction of sp³-hybridized carbons (Fsp3) is 0.250. The predicted octanol–water partition coefficient (Wildman–Crippen LogP) is 3.76. The van der Waals surface area contributed by atoms with Crippen LogP contribution in [0.4, 0.5) is 5.69 Å². The molecule has 0 saturated carbocycles. The van der Waals surface area contributed by atoms with Gasteiger partial charge in [-0.25, -0.2) is 0 Å². The van der Waals surface area contributed by atoms with Crippen molar-refractivity contribution >= 4 is 17.4 Å². The van der Waals surface area contributed by atoms with Crippen molar-refractivity contribution < 1.29 is 19.1 Å². The van der Waals surface area contributed by atoms with Crippen molar-refractivity contribution in [1.82, 2.24) is 0 Å². The standard InChI is InChI=1S/C16H15NO5S/c1-20-14-3-2-4-15(7-14)23-9-12-6-13(17(18)19)5-11-8-21-10-22-16(11)12/h2-7H,8-10H2,1H3. The minimum absolute atomic E-state index is 0.0547. The highest BCUT2D eigenvalue weighted by atomic mass is 32.2. The van der Waals surface area contributed by atoms with Crippen LogP contribution in [0, 0.1) is 10.1 Å². The molecule has 0 atom stereocenters. The molecule has 120 valence electrons. The number of non-ortho nitro benzene ring substituents is 1. The first-order valence-electron chi connectivity index (χ1n) is 6.95. The van der Waals surface area contributed by atoms with Gasteiger partial charge in [0.1, 0.15) is 11.5 Å². The van der Waals surface area contributed by atoms with E-state index in [2.05, 4.69) is 0 Å². The van der Waals surface area contributed by atoms with Gasteiger partial charge >= 0.3 is 0 Å². The topological polar surface area (TPSA) is 70.8 Å². The van der Waals surface area contributed by atoms with Gasteiger partial charge in [0.25, 0.3) is 5.69 Å². The molecular formula is C16H15NO5S. The van der Waals surface area contributed by atoms with Crippen LogP contribution in [-0.2, 0) is 17.1 Å². The molecule has 1 aliphatic rings. The van der Waals surface area contributed by atoms with Crippen LogP contribution >= 0.6 is 11.8 Å². The van der Waals surface area contributed by atoms with Crippen LogP contribution in [0.3, 0.4) is 0 Å². The Balaban J connectivity index is 1.86. The molecule has 7 heteroatoms. The second-order valence-corrected chi connectivity index (χ2v) is 5.98. The van der Waals surface area contributed by atoms with E-state index in [9.17, 15) is 10.1 Å². The van der Waals surface area contributed by atoms with Crippen molar-refractivity contribution in [2.24, 2.45) is 0 Å². The summed E-state index contributed by atoms with van der Waals surface area (Å²) >= 11 is 1.57. The van der Waals surface area contributed by atoms with Gasteiger partial charge in [-0.2, -0.15) is 0 Å². The normalized spacial score (nSPS) is 13.1. The number of methoxy groups -OCH3 is 1. The average molecular weight is 333 g/mol. The molecule has 0 radical (unpaired) electrons. The molecule has 1 heterocycles. The Hall–Kier alpha value is -2.25. The van der Waals surface area contributed by atoms with Crippen molar-refractivity contribution in [1.29, 1.82) is 0 Å². The molecule has 0 fully saturated rings. The van der Waals surface area contributed by atoms with Gasteiger partial charge in [0.2, 0.25) is 0 Å². The number of fused-ring (bicyclic) bond motifs is 1. The lowest BCUT2D eigenvalue weighted by atomic mass is 10.1. The summed E-state index contributed by atoms with van der Waals surface area (Å²) in [6.45, 7) is 0.496. The number of thioether (sulfide) groups is 1. The first-order chi connectivity index (χ1) is 11.2. The summed E-state index contributed by atoms with van der Waals surface area (Å²) in [6.07, 6.45) is 0. The number of nitro groups is 1. The predicted molar refractivity (Wildman–Crippen MR) is 85.9 cm³/mol. The fourth-order valence-electron chi connectivity index (χ4n) is 2.35. The molecule has 3 rings (SSSR count). The molecule has 1 aliphatic heterocycles. The Morgan fingerprint density at radius 3 is 3.00 bits per heavy atom. The lowest BCUT2D eigenvalue weighted by molar-refractivity contribution is -0.385. The average Bonchev–Trinajstić information content (AvgIpc) is 2.59. The molecule has 0 aliphatic carbocycles. The van der Waals surface area contributed by atoms with Gasteiger partial charge < -0.3 is 14.2 Å². The van der Waals surface area contributed by atoms with Crippen molar-refractivity contribution in [3.63, 3.8) is 0 Å². The van der Waals surface area contributed by atoms with Gasteiger partial charge in [-0.3, -0.25) is 10.1 Å². The second-order valence-electron chi connectivity index (χ2n) is 4.93. The summed E-state index contributed by atoms with van der Waals surface area (Å²) < 4.78 is 16.0. The Morgan fingerprint density at radius 1 is 1.35 bits per heavy atom. The van der Waals surface area contributed by atoms with E-state index < -0.39 is 4.92 Å². The zero-order valence-corrected chi connectivity index (χ0v) is 13.3. The number of benzene rings is 2. The van der Waals surface area contributed by atoms with Crippen LogP contribution in [0.15, 0.2) is 41.3 Å². The zero-order valence-electron chi connectivity index (χ0n) is 12.5. The van der Waals surface area contributed by atoms with E-state index in [1.165, 1.54) is 6.07 Å². The van der Waals surface area contributed by atoms with Gasteiger partial charge in [0.05, 0.1) is 18.6 Å². The monoisotopic (exact) mass is 333 g/mol. The van der Waals surface area contributed by atoms with Crippen LogP contribution in [0.2, 0.25) is 0 Å². The Kier molecular flexibility index (Phi) is 4.68.